The first kappa shape index (κ1) is 11.7. The van der Waals surface area contributed by atoms with Crippen LogP contribution in [0.2, 0.25) is 0 Å². The summed E-state index contributed by atoms with van der Waals surface area (Å²) in [6.07, 6.45) is 0. The number of benzene rings is 1. The number of esters is 1. The molecule has 1 heterocycles. The number of ether oxygens (including phenoxy) is 1. The third-order valence-corrected chi connectivity index (χ3v) is 2.92. The Kier molecular flexibility index (Phi) is 3.43. The van der Waals surface area contributed by atoms with Gasteiger partial charge in [0, 0.05) is 5.56 Å². The zero-order chi connectivity index (χ0) is 12.3. The predicted octanol–water partition coefficient (Wildman–Crippen LogP) is 2.52. The molecule has 0 aliphatic heterocycles. The first-order valence-electron chi connectivity index (χ1n) is 4.97. The number of nitrogens with zero attached hydrogens (tertiary/aromatic N) is 2. The Bertz CT molecular complexity index is 525. The molecule has 0 N–H and O–H groups in total. The number of halogens is 1. The van der Waals surface area contributed by atoms with Gasteiger partial charge in [0.25, 0.3) is 0 Å². The average Bonchev–Trinajstić information content (AvgIpc) is 2.80. The summed E-state index contributed by atoms with van der Waals surface area (Å²) >= 11 is 1.12. The van der Waals surface area contributed by atoms with Gasteiger partial charge in [0.2, 0.25) is 5.01 Å². The van der Waals surface area contributed by atoms with Gasteiger partial charge in [-0.05, 0) is 31.2 Å². The van der Waals surface area contributed by atoms with Crippen LogP contribution in [-0.4, -0.2) is 22.8 Å². The molecule has 0 amide bonds. The summed E-state index contributed by atoms with van der Waals surface area (Å²) in [4.78, 5) is 11.4. The van der Waals surface area contributed by atoms with Gasteiger partial charge in [-0.15, -0.1) is 10.2 Å². The van der Waals surface area contributed by atoms with Crippen LogP contribution in [0.5, 0.6) is 0 Å². The fourth-order valence-corrected chi connectivity index (χ4v) is 1.95. The molecule has 2 rings (SSSR count). The van der Waals surface area contributed by atoms with Crippen LogP contribution in [0.4, 0.5) is 4.39 Å². The van der Waals surface area contributed by atoms with Gasteiger partial charge in [0.05, 0.1) is 6.61 Å². The molecule has 0 bridgehead atoms. The van der Waals surface area contributed by atoms with Gasteiger partial charge in [-0.2, -0.15) is 0 Å². The van der Waals surface area contributed by atoms with E-state index in [0.717, 1.165) is 16.9 Å². The Balaban J connectivity index is 2.23. The lowest BCUT2D eigenvalue weighted by atomic mass is 10.2. The maximum absolute atomic E-state index is 12.7. The monoisotopic (exact) mass is 252 g/mol. The van der Waals surface area contributed by atoms with Crippen molar-refractivity contribution >= 4 is 17.3 Å². The number of aromatic nitrogens is 2. The topological polar surface area (TPSA) is 52.1 Å². The molecular weight excluding hydrogens is 243 g/mol. The molecule has 0 saturated carbocycles. The van der Waals surface area contributed by atoms with E-state index in [1.807, 2.05) is 0 Å². The highest BCUT2D eigenvalue weighted by molar-refractivity contribution is 7.16. The number of hydrogen-bond acceptors (Lipinski definition) is 5. The second kappa shape index (κ2) is 5.01. The fourth-order valence-electron chi connectivity index (χ4n) is 1.21. The van der Waals surface area contributed by atoms with Gasteiger partial charge in [-0.1, -0.05) is 11.3 Å². The van der Waals surface area contributed by atoms with Crippen LogP contribution in [0.25, 0.3) is 10.6 Å². The third-order valence-electron chi connectivity index (χ3n) is 1.97. The highest BCUT2D eigenvalue weighted by Gasteiger charge is 2.14. The molecule has 0 radical (unpaired) electrons. The van der Waals surface area contributed by atoms with E-state index < -0.39 is 5.97 Å². The van der Waals surface area contributed by atoms with Crippen molar-refractivity contribution in [3.8, 4) is 10.6 Å². The van der Waals surface area contributed by atoms with Gasteiger partial charge < -0.3 is 4.74 Å². The third kappa shape index (κ3) is 2.65. The Morgan fingerprint density at radius 3 is 2.71 bits per heavy atom. The minimum atomic E-state index is -0.488. The molecule has 2 aromatic rings. The smallest absolute Gasteiger partial charge is 0.369 e. The molecule has 0 spiro atoms. The molecule has 6 heteroatoms. The molecule has 0 unspecified atom stereocenters. The second-order valence-electron chi connectivity index (χ2n) is 3.14. The quantitative estimate of drug-likeness (QED) is 0.788. The van der Waals surface area contributed by atoms with Crippen LogP contribution in [0.15, 0.2) is 24.3 Å². The molecule has 4 nitrogen and oxygen atoms in total. The molecule has 0 fully saturated rings. The Morgan fingerprint density at radius 1 is 1.35 bits per heavy atom. The van der Waals surface area contributed by atoms with Gasteiger partial charge >= 0.3 is 5.97 Å². The van der Waals surface area contributed by atoms with Gasteiger partial charge in [0.1, 0.15) is 10.8 Å². The van der Waals surface area contributed by atoms with Crippen molar-refractivity contribution in [2.24, 2.45) is 0 Å². The molecule has 0 saturated heterocycles. The van der Waals surface area contributed by atoms with Crippen molar-refractivity contribution in [1.29, 1.82) is 0 Å². The van der Waals surface area contributed by atoms with Crippen molar-refractivity contribution in [1.82, 2.24) is 10.2 Å². The standard InChI is InChI=1S/C11H9FN2O2S/c1-2-16-11(15)10-14-13-9(17-10)7-3-5-8(12)6-4-7/h3-6H,2H2,1H3. The summed E-state index contributed by atoms with van der Waals surface area (Å²) in [5, 5.41) is 8.36. The van der Waals surface area contributed by atoms with Crippen LogP contribution < -0.4 is 0 Å². The van der Waals surface area contributed by atoms with E-state index in [1.54, 1.807) is 19.1 Å². The van der Waals surface area contributed by atoms with Gasteiger partial charge in [0.15, 0.2) is 0 Å². The minimum absolute atomic E-state index is 0.200. The second-order valence-corrected chi connectivity index (χ2v) is 4.12. The molecule has 88 valence electrons. The van der Waals surface area contributed by atoms with Crippen LogP contribution in [-0.2, 0) is 4.74 Å². The van der Waals surface area contributed by atoms with E-state index in [4.69, 9.17) is 4.74 Å². The van der Waals surface area contributed by atoms with Gasteiger partial charge in [-0.3, -0.25) is 0 Å². The normalized spacial score (nSPS) is 10.2. The lowest BCUT2D eigenvalue weighted by Crippen LogP contribution is -2.03. The summed E-state index contributed by atoms with van der Waals surface area (Å²) in [6.45, 7) is 2.02. The van der Waals surface area contributed by atoms with E-state index in [-0.39, 0.29) is 10.8 Å². The maximum atomic E-state index is 12.7. The summed E-state index contributed by atoms with van der Waals surface area (Å²) in [7, 11) is 0. The highest BCUT2D eigenvalue weighted by atomic mass is 32.1. The van der Waals surface area contributed by atoms with E-state index in [0.29, 0.717) is 11.6 Å². The average molecular weight is 252 g/mol. The number of rotatable bonds is 3. The zero-order valence-corrected chi connectivity index (χ0v) is 9.83. The van der Waals surface area contributed by atoms with Crippen molar-refractivity contribution in [3.05, 3.63) is 35.1 Å². The minimum Gasteiger partial charge on any atom is -0.461 e. The Labute approximate surface area is 101 Å². The molecule has 0 aliphatic carbocycles. The summed E-state index contributed by atoms with van der Waals surface area (Å²) < 4.78 is 17.5. The SMILES string of the molecule is CCOC(=O)c1nnc(-c2ccc(F)cc2)s1. The molecule has 1 aromatic heterocycles. The first-order valence-corrected chi connectivity index (χ1v) is 5.79. The maximum Gasteiger partial charge on any atom is 0.369 e. The van der Waals surface area contributed by atoms with E-state index in [1.165, 1.54) is 12.1 Å². The zero-order valence-electron chi connectivity index (χ0n) is 9.01. The lowest BCUT2D eigenvalue weighted by Gasteiger charge is -1.95. The summed E-state index contributed by atoms with van der Waals surface area (Å²) in [5.41, 5.74) is 0.722. The van der Waals surface area contributed by atoms with Crippen LogP contribution in [0.1, 0.15) is 16.7 Å². The molecule has 0 aliphatic rings. The van der Waals surface area contributed by atoms with E-state index in [9.17, 15) is 9.18 Å². The van der Waals surface area contributed by atoms with Crippen molar-refractivity contribution < 1.29 is 13.9 Å². The van der Waals surface area contributed by atoms with E-state index in [2.05, 4.69) is 10.2 Å². The number of carbonyl (C=O) groups excluding carboxylic acids is 1. The van der Waals surface area contributed by atoms with Crippen molar-refractivity contribution in [2.75, 3.05) is 6.61 Å². The first-order chi connectivity index (χ1) is 8.20. The van der Waals surface area contributed by atoms with Crippen LogP contribution in [0.3, 0.4) is 0 Å². The number of hydrogen-bond donors (Lipinski definition) is 0. The van der Waals surface area contributed by atoms with Crippen LogP contribution >= 0.6 is 11.3 Å². The molecule has 17 heavy (non-hydrogen) atoms. The van der Waals surface area contributed by atoms with Crippen molar-refractivity contribution in [3.63, 3.8) is 0 Å². The lowest BCUT2D eigenvalue weighted by molar-refractivity contribution is 0.0525. The molecule has 1 aromatic carbocycles. The van der Waals surface area contributed by atoms with Gasteiger partial charge in [-0.25, -0.2) is 9.18 Å². The van der Waals surface area contributed by atoms with Crippen LogP contribution in [0, 0.1) is 5.82 Å². The number of carbonyl (C=O) groups is 1. The molecule has 0 atom stereocenters. The highest BCUT2D eigenvalue weighted by Crippen LogP contribution is 2.23. The fraction of sp³-hybridized carbons (Fsp3) is 0.182. The molecular formula is C11H9FN2O2S. The largest absolute Gasteiger partial charge is 0.461 e. The van der Waals surface area contributed by atoms with Crippen molar-refractivity contribution in [2.45, 2.75) is 6.92 Å². The Morgan fingerprint density at radius 2 is 2.06 bits per heavy atom. The Hall–Kier alpha value is -1.82. The van der Waals surface area contributed by atoms with E-state index >= 15 is 0 Å². The predicted molar refractivity (Wildman–Crippen MR) is 61.3 cm³/mol. The summed E-state index contributed by atoms with van der Waals surface area (Å²) in [6, 6.07) is 5.84. The summed E-state index contributed by atoms with van der Waals surface area (Å²) in [5.74, 6) is -0.803.